The summed E-state index contributed by atoms with van der Waals surface area (Å²) in [6.45, 7) is 1.65. The summed E-state index contributed by atoms with van der Waals surface area (Å²) in [5.41, 5.74) is 0.758. The lowest BCUT2D eigenvalue weighted by atomic mass is 10.1. The molecule has 1 aromatic heterocycles. The van der Waals surface area contributed by atoms with Crippen molar-refractivity contribution in [2.75, 3.05) is 18.4 Å². The molecule has 1 aliphatic rings. The molecule has 2 aromatic rings. The summed E-state index contributed by atoms with van der Waals surface area (Å²) in [4.78, 5) is 16.1. The van der Waals surface area contributed by atoms with Crippen LogP contribution in [0.2, 0.25) is 5.02 Å². The van der Waals surface area contributed by atoms with Crippen LogP contribution in [0, 0.1) is 5.92 Å². The van der Waals surface area contributed by atoms with Crippen LogP contribution in [0.25, 0.3) is 0 Å². The van der Waals surface area contributed by atoms with Gasteiger partial charge < -0.3 is 15.4 Å². The molecular formula is C16H16ClN3O2. The maximum atomic E-state index is 12.0. The minimum Gasteiger partial charge on any atom is -0.439 e. The minimum absolute atomic E-state index is 0.0502. The van der Waals surface area contributed by atoms with E-state index in [1.54, 1.807) is 24.3 Å². The Hall–Kier alpha value is -2.11. The molecule has 3 rings (SSSR count). The lowest BCUT2D eigenvalue weighted by Crippen LogP contribution is -2.24. The smallest absolute Gasteiger partial charge is 0.228 e. The fraction of sp³-hybridized carbons (Fsp3) is 0.250. The minimum atomic E-state index is 0.0502. The van der Waals surface area contributed by atoms with E-state index in [9.17, 15) is 4.79 Å². The Bertz CT molecular complexity index is 637. The van der Waals surface area contributed by atoms with Crippen LogP contribution in [0.5, 0.6) is 11.6 Å². The average Bonchev–Trinajstić information content (AvgIpc) is 3.06. The molecule has 0 saturated carbocycles. The third-order valence-electron chi connectivity index (χ3n) is 3.48. The first kappa shape index (κ1) is 14.8. The predicted octanol–water partition coefficient (Wildman–Crippen LogP) is 3.08. The molecule has 114 valence electrons. The topological polar surface area (TPSA) is 63.2 Å². The Morgan fingerprint density at radius 1 is 1.27 bits per heavy atom. The highest BCUT2D eigenvalue weighted by molar-refractivity contribution is 6.30. The van der Waals surface area contributed by atoms with E-state index in [0.717, 1.165) is 25.2 Å². The molecule has 0 radical (unpaired) electrons. The third kappa shape index (κ3) is 3.75. The number of carbonyl (C=O) groups is 1. The van der Waals surface area contributed by atoms with Gasteiger partial charge in [0.15, 0.2) is 0 Å². The predicted molar refractivity (Wildman–Crippen MR) is 85.4 cm³/mol. The van der Waals surface area contributed by atoms with E-state index in [1.165, 1.54) is 6.20 Å². The summed E-state index contributed by atoms with van der Waals surface area (Å²) in [5.74, 6) is 1.22. The van der Waals surface area contributed by atoms with Crippen LogP contribution in [-0.2, 0) is 4.79 Å². The van der Waals surface area contributed by atoms with Gasteiger partial charge in [0.1, 0.15) is 5.75 Å². The third-order valence-corrected chi connectivity index (χ3v) is 3.70. The van der Waals surface area contributed by atoms with Gasteiger partial charge in [0.05, 0.1) is 10.9 Å². The number of carbonyl (C=O) groups excluding carboxylic acids is 1. The monoisotopic (exact) mass is 317 g/mol. The van der Waals surface area contributed by atoms with Crippen LogP contribution in [-0.4, -0.2) is 24.0 Å². The fourth-order valence-corrected chi connectivity index (χ4v) is 2.38. The van der Waals surface area contributed by atoms with Crippen molar-refractivity contribution in [2.24, 2.45) is 5.92 Å². The summed E-state index contributed by atoms with van der Waals surface area (Å²) in [6, 6.07) is 10.6. The van der Waals surface area contributed by atoms with Crippen molar-refractivity contribution in [3.8, 4) is 11.6 Å². The van der Waals surface area contributed by atoms with Crippen LogP contribution >= 0.6 is 11.6 Å². The molecule has 22 heavy (non-hydrogen) atoms. The first-order chi connectivity index (χ1) is 10.7. The van der Waals surface area contributed by atoms with Crippen LogP contribution < -0.4 is 15.4 Å². The van der Waals surface area contributed by atoms with E-state index in [4.69, 9.17) is 16.3 Å². The zero-order chi connectivity index (χ0) is 15.4. The molecule has 5 nitrogen and oxygen atoms in total. The van der Waals surface area contributed by atoms with Gasteiger partial charge in [0.25, 0.3) is 0 Å². The molecule has 0 aliphatic carbocycles. The van der Waals surface area contributed by atoms with Crippen molar-refractivity contribution in [3.05, 3.63) is 47.6 Å². The van der Waals surface area contributed by atoms with Crippen molar-refractivity contribution in [1.82, 2.24) is 10.3 Å². The zero-order valence-corrected chi connectivity index (χ0v) is 12.6. The number of benzene rings is 1. The second-order valence-electron chi connectivity index (χ2n) is 5.12. The Balaban J connectivity index is 1.60. The van der Waals surface area contributed by atoms with Gasteiger partial charge in [-0.05, 0) is 43.3 Å². The van der Waals surface area contributed by atoms with Gasteiger partial charge in [-0.2, -0.15) is 0 Å². The number of nitrogens with zero attached hydrogens (tertiary/aromatic N) is 1. The van der Waals surface area contributed by atoms with E-state index < -0.39 is 0 Å². The molecule has 1 saturated heterocycles. The molecule has 6 heteroatoms. The Kier molecular flexibility index (Phi) is 4.56. The molecule has 1 fully saturated rings. The molecule has 0 spiro atoms. The molecule has 0 bridgehead atoms. The standard InChI is InChI=1S/C16H16ClN3O2/c17-12-1-6-15(19-10-12)22-14-4-2-13(3-5-14)20-16(21)11-7-8-18-9-11/h1-6,10-11,18H,7-9H2,(H,20,21). The number of ether oxygens (including phenoxy) is 1. The van der Waals surface area contributed by atoms with Gasteiger partial charge in [-0.15, -0.1) is 0 Å². The molecule has 1 unspecified atom stereocenters. The number of rotatable bonds is 4. The second kappa shape index (κ2) is 6.77. The highest BCUT2D eigenvalue weighted by Crippen LogP contribution is 2.22. The molecule has 1 aromatic carbocycles. The summed E-state index contributed by atoms with van der Waals surface area (Å²) in [5, 5.41) is 6.66. The first-order valence-electron chi connectivity index (χ1n) is 7.12. The van der Waals surface area contributed by atoms with Gasteiger partial charge in [0.2, 0.25) is 11.8 Å². The van der Waals surface area contributed by atoms with Crippen molar-refractivity contribution >= 4 is 23.2 Å². The maximum absolute atomic E-state index is 12.0. The number of amides is 1. The van der Waals surface area contributed by atoms with Crippen molar-refractivity contribution < 1.29 is 9.53 Å². The van der Waals surface area contributed by atoms with Gasteiger partial charge >= 0.3 is 0 Å². The largest absolute Gasteiger partial charge is 0.439 e. The number of pyridine rings is 1. The van der Waals surface area contributed by atoms with Gasteiger partial charge in [0, 0.05) is 24.5 Å². The fourth-order valence-electron chi connectivity index (χ4n) is 2.27. The summed E-state index contributed by atoms with van der Waals surface area (Å²) in [7, 11) is 0. The number of hydrogen-bond donors (Lipinski definition) is 2. The number of aromatic nitrogens is 1. The van der Waals surface area contributed by atoms with E-state index in [0.29, 0.717) is 16.7 Å². The molecule has 2 heterocycles. The van der Waals surface area contributed by atoms with E-state index in [-0.39, 0.29) is 11.8 Å². The molecule has 1 aliphatic heterocycles. The number of nitrogens with one attached hydrogen (secondary N) is 2. The lowest BCUT2D eigenvalue weighted by Gasteiger charge is -2.10. The number of anilines is 1. The van der Waals surface area contributed by atoms with Gasteiger partial charge in [-0.1, -0.05) is 11.6 Å². The zero-order valence-electron chi connectivity index (χ0n) is 11.9. The summed E-state index contributed by atoms with van der Waals surface area (Å²) in [6.07, 6.45) is 2.41. The SMILES string of the molecule is O=C(Nc1ccc(Oc2ccc(Cl)cn2)cc1)C1CCNC1. The molecule has 2 N–H and O–H groups in total. The Morgan fingerprint density at radius 2 is 2.09 bits per heavy atom. The Labute approximate surface area is 133 Å². The van der Waals surface area contributed by atoms with Gasteiger partial charge in [-0.25, -0.2) is 4.98 Å². The number of halogens is 1. The van der Waals surface area contributed by atoms with Crippen LogP contribution in [0.3, 0.4) is 0 Å². The maximum Gasteiger partial charge on any atom is 0.228 e. The quantitative estimate of drug-likeness (QED) is 0.909. The molecular weight excluding hydrogens is 302 g/mol. The van der Waals surface area contributed by atoms with E-state index >= 15 is 0 Å². The van der Waals surface area contributed by atoms with E-state index in [2.05, 4.69) is 15.6 Å². The highest BCUT2D eigenvalue weighted by Gasteiger charge is 2.22. The van der Waals surface area contributed by atoms with E-state index in [1.807, 2.05) is 12.1 Å². The van der Waals surface area contributed by atoms with Crippen LogP contribution in [0.15, 0.2) is 42.6 Å². The molecule has 1 amide bonds. The molecule has 1 atom stereocenters. The first-order valence-corrected chi connectivity index (χ1v) is 7.49. The summed E-state index contributed by atoms with van der Waals surface area (Å²) < 4.78 is 5.60. The van der Waals surface area contributed by atoms with Gasteiger partial charge in [-0.3, -0.25) is 4.79 Å². The van der Waals surface area contributed by atoms with Crippen LogP contribution in [0.1, 0.15) is 6.42 Å². The average molecular weight is 318 g/mol. The van der Waals surface area contributed by atoms with Crippen molar-refractivity contribution in [2.45, 2.75) is 6.42 Å². The lowest BCUT2D eigenvalue weighted by molar-refractivity contribution is -0.119. The van der Waals surface area contributed by atoms with Crippen LogP contribution in [0.4, 0.5) is 5.69 Å². The van der Waals surface area contributed by atoms with Crippen molar-refractivity contribution in [3.63, 3.8) is 0 Å². The number of hydrogen-bond acceptors (Lipinski definition) is 4. The van der Waals surface area contributed by atoms with Crippen molar-refractivity contribution in [1.29, 1.82) is 0 Å². The summed E-state index contributed by atoms with van der Waals surface area (Å²) >= 11 is 5.77. The highest BCUT2D eigenvalue weighted by atomic mass is 35.5. The second-order valence-corrected chi connectivity index (χ2v) is 5.56. The Morgan fingerprint density at radius 3 is 2.73 bits per heavy atom. The normalized spacial score (nSPS) is 17.2.